The highest BCUT2D eigenvalue weighted by Crippen LogP contribution is 2.52. The highest BCUT2D eigenvalue weighted by molar-refractivity contribution is 7.95. The Hall–Kier alpha value is -6.24. The average Bonchev–Trinajstić information content (AvgIpc) is 3.24. The number of hydrogen-bond donors (Lipinski definition) is 9. The second kappa shape index (κ2) is 21.4. The Morgan fingerprint density at radius 1 is 0.641 bits per heavy atom. The number of rotatable bonds is 21. The van der Waals surface area contributed by atoms with Gasteiger partial charge in [0, 0.05) is 30.0 Å². The molecule has 28 nitrogen and oxygen atoms in total. The zero-order valence-electron chi connectivity index (χ0n) is 31.4. The number of anilines is 1. The summed E-state index contributed by atoms with van der Waals surface area (Å²) in [6, 6.07) is 10.2. The zero-order chi connectivity index (χ0) is 46.8. The van der Waals surface area contributed by atoms with Gasteiger partial charge in [-0.1, -0.05) is 10.1 Å². The quantitative estimate of drug-likeness (QED) is 0.00674. The van der Waals surface area contributed by atoms with E-state index in [1.54, 1.807) is 0 Å². The van der Waals surface area contributed by atoms with Gasteiger partial charge >= 0.3 is 0 Å². The molecular weight excluding hydrogens is 945 g/mol. The fourth-order valence-corrected chi connectivity index (χ4v) is 7.39. The molecule has 0 radical (unpaired) electrons. The van der Waals surface area contributed by atoms with Crippen molar-refractivity contribution in [3.8, 4) is 23.0 Å². The van der Waals surface area contributed by atoms with Crippen molar-refractivity contribution in [2.24, 2.45) is 30.7 Å². The van der Waals surface area contributed by atoms with E-state index in [4.69, 9.17) is 25.7 Å². The standard InChI is InChI=1S/C32H28N8O20S4/c33-16-1-4-26(63(49,50)51)21(11-16)37-35-19-13-23(56-8-6-42)20(14-22(19)55-7-5-41)36-38-29-25(62-60-58-48)9-15-10-27(64(52,53)54)30(32(44)28(15)31(29)43)39-34-18-3-2-17(40(45)46)12-24(18)61-59-57-47/h1-4,9-14,41-44,47-48H,5-8,33H2,(H,49,50,51)(H,52,53,54). The van der Waals surface area contributed by atoms with Crippen molar-refractivity contribution < 1.29 is 90.0 Å². The van der Waals surface area contributed by atoms with Crippen molar-refractivity contribution in [3.63, 3.8) is 0 Å². The molecule has 0 aliphatic rings. The van der Waals surface area contributed by atoms with Crippen molar-refractivity contribution in [2.45, 2.75) is 19.6 Å². The summed E-state index contributed by atoms with van der Waals surface area (Å²) in [6.45, 7) is -1.79. The smallest absolute Gasteiger partial charge is 0.296 e. The number of benzene rings is 5. The number of ether oxygens (including phenoxy) is 2. The summed E-state index contributed by atoms with van der Waals surface area (Å²) in [5.41, 5.74) is 2.60. The van der Waals surface area contributed by atoms with Gasteiger partial charge in [0.2, 0.25) is 0 Å². The van der Waals surface area contributed by atoms with Crippen LogP contribution in [0.3, 0.4) is 0 Å². The molecule has 0 saturated carbocycles. The number of azo groups is 3. The third-order valence-corrected chi connectivity index (χ3v) is 10.8. The molecule has 0 amide bonds. The van der Waals surface area contributed by atoms with Gasteiger partial charge in [-0.15, -0.1) is 39.4 Å². The Morgan fingerprint density at radius 3 is 1.73 bits per heavy atom. The second-order valence-corrected chi connectivity index (χ2v) is 16.1. The summed E-state index contributed by atoms with van der Waals surface area (Å²) in [5, 5.41) is 101. The first-order chi connectivity index (χ1) is 30.4. The van der Waals surface area contributed by atoms with Crippen LogP contribution in [0.4, 0.5) is 45.5 Å². The Morgan fingerprint density at radius 2 is 1.17 bits per heavy atom. The van der Waals surface area contributed by atoms with Crippen LogP contribution in [0.2, 0.25) is 0 Å². The van der Waals surface area contributed by atoms with Crippen molar-refractivity contribution in [3.05, 3.63) is 70.8 Å². The lowest BCUT2D eigenvalue weighted by Crippen LogP contribution is -2.04. The van der Waals surface area contributed by atoms with Crippen LogP contribution in [-0.4, -0.2) is 88.2 Å². The molecule has 0 atom stereocenters. The van der Waals surface area contributed by atoms with Crippen molar-refractivity contribution in [1.29, 1.82) is 0 Å². The molecule has 0 bridgehead atoms. The highest BCUT2D eigenvalue weighted by atomic mass is 32.2. The third kappa shape index (κ3) is 11.9. The second-order valence-electron chi connectivity index (χ2n) is 11.8. The summed E-state index contributed by atoms with van der Waals surface area (Å²) >= 11 is 0.383. The average molecular weight is 973 g/mol. The maximum atomic E-state index is 12.6. The van der Waals surface area contributed by atoms with Crippen LogP contribution in [0.1, 0.15) is 0 Å². The maximum Gasteiger partial charge on any atom is 0.296 e. The fourth-order valence-electron chi connectivity index (χ4n) is 5.17. The van der Waals surface area contributed by atoms with Crippen molar-refractivity contribution in [2.75, 3.05) is 32.2 Å². The molecule has 0 aliphatic carbocycles. The number of nitro groups is 1. The Balaban J connectivity index is 1.71. The van der Waals surface area contributed by atoms with Gasteiger partial charge in [0.15, 0.2) is 11.5 Å². The van der Waals surface area contributed by atoms with E-state index >= 15 is 0 Å². The minimum atomic E-state index is -5.28. The van der Waals surface area contributed by atoms with Crippen LogP contribution < -0.4 is 15.2 Å². The van der Waals surface area contributed by atoms with E-state index in [0.717, 1.165) is 54.6 Å². The molecule has 340 valence electrons. The molecule has 64 heavy (non-hydrogen) atoms. The van der Waals surface area contributed by atoms with Gasteiger partial charge in [-0.2, -0.15) is 16.8 Å². The molecule has 0 aliphatic heterocycles. The van der Waals surface area contributed by atoms with Crippen LogP contribution in [0, 0.1) is 10.1 Å². The summed E-state index contributed by atoms with van der Waals surface area (Å²) in [4.78, 5) is 8.25. The fraction of sp³-hybridized carbons (Fsp3) is 0.125. The van der Waals surface area contributed by atoms with E-state index in [0.29, 0.717) is 0 Å². The first-order valence-electron chi connectivity index (χ1n) is 16.8. The minimum absolute atomic E-state index is 0.0517. The van der Waals surface area contributed by atoms with E-state index in [2.05, 4.69) is 49.4 Å². The first kappa shape index (κ1) is 48.8. The lowest BCUT2D eigenvalue weighted by Gasteiger charge is -2.14. The van der Waals surface area contributed by atoms with Gasteiger partial charge in [-0.05, 0) is 41.8 Å². The number of nitro benzene ring substituents is 1. The summed E-state index contributed by atoms with van der Waals surface area (Å²) in [5.74, 6) is -2.57. The van der Waals surface area contributed by atoms with E-state index in [1.165, 1.54) is 6.07 Å². The van der Waals surface area contributed by atoms with Gasteiger partial charge in [0.05, 0.1) is 57.4 Å². The van der Waals surface area contributed by atoms with Crippen molar-refractivity contribution >= 4 is 101 Å². The topological polar surface area (TPSA) is 429 Å². The predicted molar refractivity (Wildman–Crippen MR) is 216 cm³/mol. The molecule has 0 spiro atoms. The first-order valence-corrected chi connectivity index (χ1v) is 21.2. The maximum absolute atomic E-state index is 12.6. The SMILES string of the molecule is Nc1ccc(S(=O)(=O)O)c(N=Nc2cc(OCCO)c(N=Nc3c(SOOO)cc4cc(S(=O)(=O)O)c(N=Nc5ccc([N+](=O)[O-])cc5SOOO)c(O)c4c3O)cc2OCCO)c1. The number of nitrogens with zero attached hydrogens (tertiary/aromatic N) is 7. The Bertz CT molecular complexity index is 2890. The van der Waals surface area contributed by atoms with Gasteiger partial charge < -0.3 is 35.6 Å². The van der Waals surface area contributed by atoms with Crippen molar-refractivity contribution in [1.82, 2.24) is 0 Å². The highest BCUT2D eigenvalue weighted by Gasteiger charge is 2.27. The number of nitrogen functional groups attached to an aromatic ring is 1. The van der Waals surface area contributed by atoms with Crippen LogP contribution in [0.5, 0.6) is 23.0 Å². The monoisotopic (exact) mass is 972 g/mol. The number of fused-ring (bicyclic) bond motifs is 1. The number of aliphatic hydroxyl groups excluding tert-OH is 2. The summed E-state index contributed by atoms with van der Waals surface area (Å²) < 4.78 is 88.9. The molecule has 0 saturated heterocycles. The molecule has 5 aromatic rings. The number of nitrogens with two attached hydrogens (primary N) is 1. The molecule has 0 heterocycles. The Labute approximate surface area is 365 Å². The number of aromatic hydroxyl groups is 2. The molecule has 32 heteroatoms. The van der Waals surface area contributed by atoms with Crippen LogP contribution in [0.25, 0.3) is 10.8 Å². The number of aliphatic hydroxyl groups is 2. The number of hydrogen-bond acceptors (Lipinski definition) is 27. The van der Waals surface area contributed by atoms with E-state index in [9.17, 15) is 56.5 Å². The molecule has 0 aromatic heterocycles. The zero-order valence-corrected chi connectivity index (χ0v) is 34.7. The molecule has 10 N–H and O–H groups in total. The van der Waals surface area contributed by atoms with Crippen LogP contribution in [-0.2, 0) is 39.0 Å². The minimum Gasteiger partial charge on any atom is -0.505 e. The molecule has 0 fully saturated rings. The molecule has 0 unspecified atom stereocenters. The third-order valence-electron chi connectivity index (χ3n) is 7.77. The van der Waals surface area contributed by atoms with Gasteiger partial charge in [0.25, 0.3) is 25.9 Å². The van der Waals surface area contributed by atoms with Gasteiger partial charge in [-0.3, -0.25) is 19.2 Å². The summed E-state index contributed by atoms with van der Waals surface area (Å²) in [6.07, 6.45) is 0. The van der Waals surface area contributed by atoms with E-state index < -0.39 is 87.8 Å². The van der Waals surface area contributed by atoms with Crippen LogP contribution in [0.15, 0.2) is 111 Å². The number of phenols is 2. The van der Waals surface area contributed by atoms with E-state index in [-0.39, 0.29) is 86.7 Å². The Kier molecular flexibility index (Phi) is 16.3. The normalized spacial score (nSPS) is 12.3. The molecule has 5 rings (SSSR count). The lowest BCUT2D eigenvalue weighted by atomic mass is 10.1. The number of phenolic OH excluding ortho intramolecular Hbond substituents is 2. The molecule has 5 aromatic carbocycles. The van der Waals surface area contributed by atoms with E-state index in [1.807, 2.05) is 0 Å². The summed E-state index contributed by atoms with van der Waals surface area (Å²) in [7, 11) is -10.1. The van der Waals surface area contributed by atoms with Crippen LogP contribution >= 0.6 is 24.1 Å². The lowest BCUT2D eigenvalue weighted by molar-refractivity contribution is -0.432. The molecular formula is C32H28N8O20S4. The van der Waals surface area contributed by atoms with Gasteiger partial charge in [-0.25, -0.2) is 10.5 Å². The van der Waals surface area contributed by atoms with Gasteiger partial charge in [0.1, 0.15) is 68.6 Å². The largest absolute Gasteiger partial charge is 0.505 e. The number of non-ortho nitro benzene ring substituents is 1. The predicted octanol–water partition coefficient (Wildman–Crippen LogP) is 7.08.